The summed E-state index contributed by atoms with van der Waals surface area (Å²) < 4.78 is 6.99. The average molecular weight is 328 g/mol. The van der Waals surface area contributed by atoms with Crippen LogP contribution < -0.4 is 9.61 Å². The van der Waals surface area contributed by atoms with E-state index in [1.54, 1.807) is 24.3 Å². The molecular weight excluding hydrogens is 314 g/mol. The predicted molar refractivity (Wildman–Crippen MR) is 81.9 cm³/mol. The van der Waals surface area contributed by atoms with Gasteiger partial charge in [0.15, 0.2) is 0 Å². The molecule has 0 saturated carbocycles. The summed E-state index contributed by atoms with van der Waals surface area (Å²) in [6.45, 7) is 2.42. The van der Waals surface area contributed by atoms with Gasteiger partial charge in [-0.2, -0.15) is 0 Å². The van der Waals surface area contributed by atoms with E-state index < -0.39 is 5.97 Å². The molecule has 0 aliphatic heterocycles. The van der Waals surface area contributed by atoms with Crippen LogP contribution >= 0.6 is 22.9 Å². The highest BCUT2D eigenvalue weighted by Gasteiger charge is 2.18. The summed E-state index contributed by atoms with van der Waals surface area (Å²) in [4.78, 5) is 22.8. The van der Waals surface area contributed by atoms with E-state index in [-0.39, 0.29) is 16.4 Å². The lowest BCUT2D eigenvalue weighted by atomic mass is 10.3. The molecule has 5 nitrogen and oxygen atoms in total. The Bertz CT molecular complexity index is 690. The van der Waals surface area contributed by atoms with Gasteiger partial charge < -0.3 is 9.84 Å². The number of carboxylic acid groups (broad SMARTS) is 1. The molecule has 2 rings (SSSR count). The van der Waals surface area contributed by atoms with E-state index in [1.807, 2.05) is 6.92 Å². The third-order valence-corrected chi connectivity index (χ3v) is 4.19. The van der Waals surface area contributed by atoms with Crippen LogP contribution in [0.3, 0.4) is 0 Å². The third kappa shape index (κ3) is 3.65. The van der Waals surface area contributed by atoms with Gasteiger partial charge in [-0.15, -0.1) is 0 Å². The summed E-state index contributed by atoms with van der Waals surface area (Å²) in [5.74, 6) is -0.412. The van der Waals surface area contributed by atoms with Gasteiger partial charge in [0.25, 0.3) is 0 Å². The molecule has 0 saturated heterocycles. The van der Waals surface area contributed by atoms with Crippen molar-refractivity contribution in [3.8, 4) is 5.75 Å². The van der Waals surface area contributed by atoms with Gasteiger partial charge in [0, 0.05) is 10.7 Å². The van der Waals surface area contributed by atoms with Crippen molar-refractivity contribution in [1.82, 2.24) is 4.57 Å². The van der Waals surface area contributed by atoms with Crippen LogP contribution in [0.25, 0.3) is 0 Å². The molecule has 0 bridgehead atoms. The third-order valence-electron chi connectivity index (χ3n) is 2.92. The quantitative estimate of drug-likeness (QED) is 0.885. The fourth-order valence-corrected chi connectivity index (χ4v) is 3.04. The summed E-state index contributed by atoms with van der Waals surface area (Å²) in [5, 5.41) is 9.70. The predicted octanol–water partition coefficient (Wildman–Crippen LogP) is 2.90. The molecule has 1 aromatic heterocycles. The molecule has 1 aromatic carbocycles. The lowest BCUT2D eigenvalue weighted by Crippen LogP contribution is -2.20. The molecule has 1 N–H and O–H groups in total. The monoisotopic (exact) mass is 327 g/mol. The molecule has 0 aliphatic carbocycles. The topological polar surface area (TPSA) is 68.5 Å². The summed E-state index contributed by atoms with van der Waals surface area (Å²) in [6, 6.07) is 6.91. The zero-order valence-corrected chi connectivity index (χ0v) is 12.9. The fraction of sp³-hybridized carbons (Fsp3) is 0.286. The van der Waals surface area contributed by atoms with Crippen LogP contribution in [-0.4, -0.2) is 22.2 Å². The normalized spacial score (nSPS) is 10.6. The van der Waals surface area contributed by atoms with E-state index in [0.29, 0.717) is 29.4 Å². The molecule has 0 atom stereocenters. The van der Waals surface area contributed by atoms with Crippen molar-refractivity contribution in [3.63, 3.8) is 0 Å². The minimum atomic E-state index is -1.06. The molecule has 0 amide bonds. The summed E-state index contributed by atoms with van der Waals surface area (Å²) in [7, 11) is 0. The number of benzene rings is 1. The molecule has 0 fully saturated rings. The number of aromatic nitrogens is 1. The molecule has 112 valence electrons. The van der Waals surface area contributed by atoms with E-state index in [2.05, 4.69) is 0 Å². The highest BCUT2D eigenvalue weighted by Crippen LogP contribution is 2.16. The summed E-state index contributed by atoms with van der Waals surface area (Å²) >= 11 is 6.54. The first-order chi connectivity index (χ1) is 10.0. The Kier molecular flexibility index (Phi) is 5.03. The second-order valence-corrected chi connectivity index (χ2v) is 5.65. The first kappa shape index (κ1) is 15.6. The number of nitrogens with zero attached hydrogens (tertiary/aromatic N) is 1. The van der Waals surface area contributed by atoms with E-state index in [4.69, 9.17) is 21.4 Å². The Morgan fingerprint density at radius 3 is 2.62 bits per heavy atom. The van der Waals surface area contributed by atoms with Crippen LogP contribution in [0.15, 0.2) is 29.1 Å². The van der Waals surface area contributed by atoms with Crippen LogP contribution in [0.1, 0.15) is 22.3 Å². The van der Waals surface area contributed by atoms with Crippen LogP contribution in [0, 0.1) is 0 Å². The van der Waals surface area contributed by atoms with Crippen LogP contribution in [0.5, 0.6) is 5.75 Å². The number of carboxylic acids is 1. The van der Waals surface area contributed by atoms with Crippen molar-refractivity contribution in [1.29, 1.82) is 0 Å². The smallest absolute Gasteiger partial charge is 0.347 e. The fourth-order valence-electron chi connectivity index (χ4n) is 1.96. The Labute approximate surface area is 130 Å². The van der Waals surface area contributed by atoms with Crippen molar-refractivity contribution >= 4 is 28.9 Å². The van der Waals surface area contributed by atoms with E-state index in [1.165, 1.54) is 4.57 Å². The van der Waals surface area contributed by atoms with Crippen molar-refractivity contribution in [2.24, 2.45) is 0 Å². The second-order valence-electron chi connectivity index (χ2n) is 4.26. The number of rotatable bonds is 6. The zero-order valence-electron chi connectivity index (χ0n) is 11.3. The molecule has 2 aromatic rings. The molecule has 0 aliphatic rings. The number of carbonyl (C=O) groups is 1. The standard InChI is InChI=1S/C14H14ClNO4S/c1-2-11-12(13(17)18)21-14(19)16(11)7-8-20-10-5-3-9(15)4-6-10/h3-6H,2,7-8H2,1H3,(H,17,18). The lowest BCUT2D eigenvalue weighted by Gasteiger charge is -2.09. The van der Waals surface area contributed by atoms with Crippen molar-refractivity contribution < 1.29 is 14.6 Å². The SMILES string of the molecule is CCc1c(C(=O)O)sc(=O)n1CCOc1ccc(Cl)cc1. The van der Waals surface area contributed by atoms with Crippen LogP contribution in [0.2, 0.25) is 5.02 Å². The Morgan fingerprint density at radius 2 is 2.05 bits per heavy atom. The molecule has 1 heterocycles. The molecule has 7 heteroatoms. The van der Waals surface area contributed by atoms with Gasteiger partial charge in [-0.1, -0.05) is 29.9 Å². The maximum Gasteiger partial charge on any atom is 0.347 e. The highest BCUT2D eigenvalue weighted by atomic mass is 35.5. The van der Waals surface area contributed by atoms with Crippen LogP contribution in [0.4, 0.5) is 0 Å². The van der Waals surface area contributed by atoms with Gasteiger partial charge in [0.1, 0.15) is 17.2 Å². The molecule has 0 radical (unpaired) electrons. The maximum atomic E-state index is 11.9. The Balaban J connectivity index is 2.08. The van der Waals surface area contributed by atoms with Crippen LogP contribution in [-0.2, 0) is 13.0 Å². The highest BCUT2D eigenvalue weighted by molar-refractivity contribution is 7.11. The number of ether oxygens (including phenoxy) is 1. The first-order valence-electron chi connectivity index (χ1n) is 6.37. The summed E-state index contributed by atoms with van der Waals surface area (Å²) in [5.41, 5.74) is 0.539. The largest absolute Gasteiger partial charge is 0.492 e. The van der Waals surface area contributed by atoms with E-state index in [0.717, 1.165) is 11.3 Å². The van der Waals surface area contributed by atoms with E-state index in [9.17, 15) is 9.59 Å². The van der Waals surface area contributed by atoms with Gasteiger partial charge in [0.05, 0.1) is 6.54 Å². The molecular formula is C14H14ClNO4S. The number of thiazole rings is 1. The van der Waals surface area contributed by atoms with Gasteiger partial charge in [-0.3, -0.25) is 9.36 Å². The van der Waals surface area contributed by atoms with Gasteiger partial charge in [-0.25, -0.2) is 4.79 Å². The van der Waals surface area contributed by atoms with Gasteiger partial charge in [0.2, 0.25) is 0 Å². The molecule has 0 unspecified atom stereocenters. The molecule has 0 spiro atoms. The Morgan fingerprint density at radius 1 is 1.38 bits per heavy atom. The van der Waals surface area contributed by atoms with Gasteiger partial charge >= 0.3 is 10.8 Å². The summed E-state index contributed by atoms with van der Waals surface area (Å²) in [6.07, 6.45) is 0.487. The first-order valence-corrected chi connectivity index (χ1v) is 7.56. The number of aromatic carboxylic acids is 1. The number of hydrogen-bond donors (Lipinski definition) is 1. The number of hydrogen-bond acceptors (Lipinski definition) is 4. The average Bonchev–Trinajstić information content (AvgIpc) is 2.78. The van der Waals surface area contributed by atoms with Crippen molar-refractivity contribution in [2.75, 3.05) is 6.61 Å². The minimum absolute atomic E-state index is 0.106. The van der Waals surface area contributed by atoms with E-state index >= 15 is 0 Å². The van der Waals surface area contributed by atoms with Gasteiger partial charge in [-0.05, 0) is 30.7 Å². The maximum absolute atomic E-state index is 11.9. The molecule has 21 heavy (non-hydrogen) atoms. The van der Waals surface area contributed by atoms with Crippen molar-refractivity contribution in [2.45, 2.75) is 19.9 Å². The Hall–Kier alpha value is -1.79. The van der Waals surface area contributed by atoms with Crippen molar-refractivity contribution in [3.05, 3.63) is 49.5 Å². The minimum Gasteiger partial charge on any atom is -0.492 e. The zero-order chi connectivity index (χ0) is 15.4. The second kappa shape index (κ2) is 6.78. The lowest BCUT2D eigenvalue weighted by molar-refractivity contribution is 0.0700. The number of halogens is 1.